The Kier molecular flexibility index (Phi) is 8.16. The van der Waals surface area contributed by atoms with E-state index in [1.807, 2.05) is 60.7 Å². The number of fused-ring (bicyclic) bond motifs is 1. The van der Waals surface area contributed by atoms with Crippen LogP contribution in [-0.4, -0.2) is 29.0 Å². The van der Waals surface area contributed by atoms with E-state index in [4.69, 9.17) is 4.74 Å². The van der Waals surface area contributed by atoms with Gasteiger partial charge in [0.2, 0.25) is 5.78 Å². The summed E-state index contributed by atoms with van der Waals surface area (Å²) in [5.41, 5.74) is 1.42. The minimum atomic E-state index is -0.542. The number of methoxy groups -OCH3 is 1. The first kappa shape index (κ1) is 20.5. The van der Waals surface area contributed by atoms with E-state index >= 15 is 0 Å². The Morgan fingerprint density at radius 1 is 0.885 bits per heavy atom. The van der Waals surface area contributed by atoms with Crippen molar-refractivity contribution in [3.63, 3.8) is 0 Å². The maximum atomic E-state index is 11.4. The van der Waals surface area contributed by atoms with Crippen LogP contribution in [0.5, 0.6) is 0 Å². The number of benzene rings is 3. The van der Waals surface area contributed by atoms with Crippen molar-refractivity contribution < 1.29 is 14.3 Å². The van der Waals surface area contributed by atoms with Crippen molar-refractivity contribution in [2.24, 2.45) is 0 Å². The van der Waals surface area contributed by atoms with Crippen molar-refractivity contribution >= 4 is 54.2 Å². The molecule has 0 heterocycles. The van der Waals surface area contributed by atoms with E-state index in [0.717, 1.165) is 10.9 Å². The van der Waals surface area contributed by atoms with Crippen LogP contribution in [0.4, 0.5) is 0 Å². The second kappa shape index (κ2) is 10.4. The SMILES string of the molecule is COC(Br)C(=O)c1ccccc1.O=C(CBr)c1ccc2ccccc2c1. The van der Waals surface area contributed by atoms with E-state index < -0.39 is 5.01 Å². The third-order valence-electron chi connectivity index (χ3n) is 3.66. The van der Waals surface area contributed by atoms with Gasteiger partial charge in [-0.3, -0.25) is 9.59 Å². The molecule has 26 heavy (non-hydrogen) atoms. The summed E-state index contributed by atoms with van der Waals surface area (Å²) < 4.78 is 4.83. The summed E-state index contributed by atoms with van der Waals surface area (Å²) in [5, 5.41) is 2.11. The van der Waals surface area contributed by atoms with Crippen LogP contribution in [-0.2, 0) is 4.74 Å². The van der Waals surface area contributed by atoms with E-state index in [0.29, 0.717) is 10.9 Å². The minimum absolute atomic E-state index is 0.0573. The van der Waals surface area contributed by atoms with Gasteiger partial charge in [0, 0.05) is 18.2 Å². The molecule has 0 fully saturated rings. The third kappa shape index (κ3) is 5.59. The topological polar surface area (TPSA) is 43.4 Å². The van der Waals surface area contributed by atoms with Gasteiger partial charge in [0.05, 0.1) is 5.33 Å². The number of Topliss-reactive ketones (excluding diaryl/α,β-unsaturated/α-hetero) is 2. The highest BCUT2D eigenvalue weighted by Crippen LogP contribution is 2.16. The summed E-state index contributed by atoms with van der Waals surface area (Å²) in [4.78, 5) is 22.8. The Morgan fingerprint density at radius 3 is 2.12 bits per heavy atom. The lowest BCUT2D eigenvalue weighted by Crippen LogP contribution is -2.15. The minimum Gasteiger partial charge on any atom is -0.362 e. The number of carbonyl (C=O) groups excluding carboxylic acids is 2. The smallest absolute Gasteiger partial charge is 0.202 e. The second-order valence-corrected chi connectivity index (χ2v) is 6.79. The van der Waals surface area contributed by atoms with E-state index in [1.54, 1.807) is 12.1 Å². The molecule has 5 heteroatoms. The van der Waals surface area contributed by atoms with Crippen LogP contribution < -0.4 is 0 Å². The molecule has 0 amide bonds. The van der Waals surface area contributed by atoms with Gasteiger partial charge < -0.3 is 4.74 Å². The normalized spacial score (nSPS) is 11.3. The molecule has 3 aromatic carbocycles. The average molecular weight is 478 g/mol. The van der Waals surface area contributed by atoms with Gasteiger partial charge in [-0.2, -0.15) is 0 Å². The van der Waals surface area contributed by atoms with Crippen molar-refractivity contribution in [2.45, 2.75) is 5.01 Å². The molecule has 0 radical (unpaired) electrons. The number of carbonyl (C=O) groups is 2. The molecule has 3 nitrogen and oxygen atoms in total. The molecule has 3 aromatic rings. The molecule has 0 aromatic heterocycles. The summed E-state index contributed by atoms with van der Waals surface area (Å²) in [6, 6.07) is 22.8. The van der Waals surface area contributed by atoms with Crippen molar-refractivity contribution in [3.05, 3.63) is 83.9 Å². The highest BCUT2D eigenvalue weighted by atomic mass is 79.9. The van der Waals surface area contributed by atoms with Crippen molar-refractivity contribution in [2.75, 3.05) is 12.4 Å². The molecule has 0 N–H and O–H groups in total. The molecular weight excluding hydrogens is 460 g/mol. The van der Waals surface area contributed by atoms with Crippen molar-refractivity contribution in [1.29, 1.82) is 0 Å². The first-order valence-corrected chi connectivity index (χ1v) is 9.94. The summed E-state index contributed by atoms with van der Waals surface area (Å²) in [5.74, 6) is 0.0638. The maximum Gasteiger partial charge on any atom is 0.202 e. The van der Waals surface area contributed by atoms with Crippen molar-refractivity contribution in [3.8, 4) is 0 Å². The zero-order chi connectivity index (χ0) is 18.9. The van der Waals surface area contributed by atoms with Crippen LogP contribution in [0, 0.1) is 0 Å². The molecule has 0 spiro atoms. The lowest BCUT2D eigenvalue weighted by Gasteiger charge is -2.05. The molecule has 0 aliphatic carbocycles. The molecular formula is C21H18Br2O3. The van der Waals surface area contributed by atoms with Gasteiger partial charge >= 0.3 is 0 Å². The second-order valence-electron chi connectivity index (χ2n) is 5.40. The summed E-state index contributed by atoms with van der Waals surface area (Å²) in [6.45, 7) is 0. The van der Waals surface area contributed by atoms with E-state index in [-0.39, 0.29) is 11.6 Å². The van der Waals surface area contributed by atoms with Crippen molar-refractivity contribution in [1.82, 2.24) is 0 Å². The zero-order valence-electron chi connectivity index (χ0n) is 14.2. The summed E-state index contributed by atoms with van der Waals surface area (Å²) >= 11 is 6.27. The van der Waals surface area contributed by atoms with Crippen LogP contribution in [0.1, 0.15) is 20.7 Å². The quantitative estimate of drug-likeness (QED) is 0.352. The lowest BCUT2D eigenvalue weighted by molar-refractivity contribution is 0.0805. The summed E-state index contributed by atoms with van der Waals surface area (Å²) in [6.07, 6.45) is 0. The van der Waals surface area contributed by atoms with Gasteiger partial charge in [-0.15, -0.1) is 0 Å². The number of hydrogen-bond donors (Lipinski definition) is 0. The van der Waals surface area contributed by atoms with Gasteiger partial charge in [0.15, 0.2) is 10.8 Å². The molecule has 0 saturated carbocycles. The van der Waals surface area contributed by atoms with Crippen LogP contribution in [0.25, 0.3) is 10.8 Å². The van der Waals surface area contributed by atoms with Gasteiger partial charge in [-0.25, -0.2) is 0 Å². The predicted molar refractivity (Wildman–Crippen MR) is 113 cm³/mol. The molecule has 0 bridgehead atoms. The fraction of sp³-hybridized carbons (Fsp3) is 0.143. The Morgan fingerprint density at radius 2 is 1.50 bits per heavy atom. The molecule has 0 aliphatic rings. The standard InChI is InChI=1S/C12H9BrO.C9H9BrO2/c13-8-12(14)11-6-5-9-3-1-2-4-10(9)7-11;1-12-9(10)8(11)7-5-3-2-4-6-7/h1-7H,8H2;2-6,9H,1H3. The van der Waals surface area contributed by atoms with E-state index in [9.17, 15) is 9.59 Å². The van der Waals surface area contributed by atoms with Crippen LogP contribution in [0.3, 0.4) is 0 Å². The fourth-order valence-corrected chi connectivity index (χ4v) is 2.87. The first-order valence-electron chi connectivity index (χ1n) is 7.91. The number of alkyl halides is 2. The highest BCUT2D eigenvalue weighted by molar-refractivity contribution is 9.10. The largest absolute Gasteiger partial charge is 0.362 e. The average Bonchev–Trinajstić information content (AvgIpc) is 2.72. The van der Waals surface area contributed by atoms with Gasteiger partial charge in [-0.1, -0.05) is 82.7 Å². The number of ether oxygens (including phenoxy) is 1. The summed E-state index contributed by atoms with van der Waals surface area (Å²) in [7, 11) is 1.49. The molecule has 0 saturated heterocycles. The number of ketones is 2. The molecule has 1 atom stereocenters. The Balaban J connectivity index is 0.000000190. The van der Waals surface area contributed by atoms with E-state index in [2.05, 4.69) is 31.9 Å². The monoisotopic (exact) mass is 476 g/mol. The molecule has 1 unspecified atom stereocenters. The molecule has 3 rings (SSSR count). The van der Waals surface area contributed by atoms with Gasteiger partial charge in [0.25, 0.3) is 0 Å². The zero-order valence-corrected chi connectivity index (χ0v) is 17.4. The maximum absolute atomic E-state index is 11.4. The molecule has 134 valence electrons. The predicted octanol–water partition coefficient (Wildman–Crippen LogP) is 5.65. The van der Waals surface area contributed by atoms with Gasteiger partial charge in [-0.05, 0) is 32.8 Å². The van der Waals surface area contributed by atoms with Gasteiger partial charge in [0.1, 0.15) is 0 Å². The third-order valence-corrected chi connectivity index (χ3v) is 4.96. The number of rotatable bonds is 5. The van der Waals surface area contributed by atoms with Crippen LogP contribution >= 0.6 is 31.9 Å². The number of hydrogen-bond acceptors (Lipinski definition) is 3. The molecule has 0 aliphatic heterocycles. The van der Waals surface area contributed by atoms with Crippen LogP contribution in [0.2, 0.25) is 0 Å². The fourth-order valence-electron chi connectivity index (χ4n) is 2.28. The highest BCUT2D eigenvalue weighted by Gasteiger charge is 2.14. The number of halogens is 2. The Hall–Kier alpha value is -1.82. The Bertz CT molecular complexity index is 879. The lowest BCUT2D eigenvalue weighted by atomic mass is 10.1. The van der Waals surface area contributed by atoms with E-state index in [1.165, 1.54) is 12.5 Å². The first-order chi connectivity index (χ1) is 12.6. The van der Waals surface area contributed by atoms with Crippen LogP contribution in [0.15, 0.2) is 72.8 Å². The Labute approximate surface area is 169 Å².